The molecule has 2 N–H and O–H groups in total. The summed E-state index contributed by atoms with van der Waals surface area (Å²) in [5.74, 6) is 0.0195. The molecule has 1 heterocycles. The Labute approximate surface area is 162 Å². The standard InChI is InChI=1S/C21H19N3O4/c1-27-19-9-7-16(8-10-19)23-18-11-15(12-22-13-18)20(25)24-17-5-3-14(4-6-17)21(26)28-2/h3-13,23H,1-2H3,(H,24,25). The summed E-state index contributed by atoms with van der Waals surface area (Å²) in [4.78, 5) is 28.1. The lowest BCUT2D eigenvalue weighted by Gasteiger charge is -2.09. The fraction of sp³-hybridized carbons (Fsp3) is 0.0952. The molecule has 3 rings (SSSR count). The molecule has 0 saturated heterocycles. The normalized spacial score (nSPS) is 10.1. The van der Waals surface area contributed by atoms with Crippen LogP contribution < -0.4 is 15.4 Å². The van der Waals surface area contributed by atoms with Crippen molar-refractivity contribution in [3.8, 4) is 5.75 Å². The van der Waals surface area contributed by atoms with Crippen molar-refractivity contribution in [2.24, 2.45) is 0 Å². The molecule has 3 aromatic rings. The van der Waals surface area contributed by atoms with E-state index >= 15 is 0 Å². The molecule has 0 spiro atoms. The maximum absolute atomic E-state index is 12.5. The molecule has 2 aromatic carbocycles. The highest BCUT2D eigenvalue weighted by Crippen LogP contribution is 2.20. The molecule has 0 fully saturated rings. The Hall–Kier alpha value is -3.87. The lowest BCUT2D eigenvalue weighted by molar-refractivity contribution is 0.0600. The quantitative estimate of drug-likeness (QED) is 0.634. The highest BCUT2D eigenvalue weighted by atomic mass is 16.5. The summed E-state index contributed by atoms with van der Waals surface area (Å²) >= 11 is 0. The maximum Gasteiger partial charge on any atom is 0.337 e. The molecule has 7 nitrogen and oxygen atoms in total. The van der Waals surface area contributed by atoms with Crippen molar-refractivity contribution in [2.45, 2.75) is 0 Å². The zero-order valence-electron chi connectivity index (χ0n) is 15.4. The molecule has 0 radical (unpaired) electrons. The molecule has 1 aromatic heterocycles. The third-order valence-corrected chi connectivity index (χ3v) is 3.94. The average molecular weight is 377 g/mol. The number of nitrogens with zero attached hydrogens (tertiary/aromatic N) is 1. The molecule has 0 aliphatic rings. The Morgan fingerprint density at radius 2 is 1.50 bits per heavy atom. The first kappa shape index (κ1) is 18.9. The molecular weight excluding hydrogens is 358 g/mol. The minimum atomic E-state index is -0.431. The molecule has 0 atom stereocenters. The van der Waals surface area contributed by atoms with Crippen molar-refractivity contribution in [3.63, 3.8) is 0 Å². The number of hydrogen-bond acceptors (Lipinski definition) is 6. The van der Waals surface area contributed by atoms with Gasteiger partial charge in [-0.25, -0.2) is 4.79 Å². The zero-order chi connectivity index (χ0) is 19.9. The second-order valence-corrected chi connectivity index (χ2v) is 5.84. The molecule has 7 heteroatoms. The van der Waals surface area contributed by atoms with E-state index in [4.69, 9.17) is 4.74 Å². The van der Waals surface area contributed by atoms with E-state index in [-0.39, 0.29) is 5.91 Å². The number of nitrogens with one attached hydrogen (secondary N) is 2. The van der Waals surface area contributed by atoms with Crippen LogP contribution in [0.3, 0.4) is 0 Å². The van der Waals surface area contributed by atoms with Crippen molar-refractivity contribution in [1.29, 1.82) is 0 Å². The van der Waals surface area contributed by atoms with E-state index < -0.39 is 5.97 Å². The Kier molecular flexibility index (Phi) is 5.86. The van der Waals surface area contributed by atoms with Crippen LogP contribution in [0.1, 0.15) is 20.7 Å². The fourth-order valence-corrected chi connectivity index (χ4v) is 2.48. The van der Waals surface area contributed by atoms with Crippen LogP contribution in [0.25, 0.3) is 0 Å². The van der Waals surface area contributed by atoms with Crippen LogP contribution in [0.5, 0.6) is 5.75 Å². The predicted molar refractivity (Wildman–Crippen MR) is 106 cm³/mol. The molecule has 28 heavy (non-hydrogen) atoms. The number of benzene rings is 2. The molecule has 0 unspecified atom stereocenters. The van der Waals surface area contributed by atoms with E-state index in [2.05, 4.69) is 20.4 Å². The molecule has 0 aliphatic carbocycles. The summed E-state index contributed by atoms with van der Waals surface area (Å²) in [6.45, 7) is 0. The van der Waals surface area contributed by atoms with Gasteiger partial charge in [-0.1, -0.05) is 0 Å². The highest BCUT2D eigenvalue weighted by molar-refractivity contribution is 6.04. The first-order chi connectivity index (χ1) is 13.6. The lowest BCUT2D eigenvalue weighted by atomic mass is 10.2. The van der Waals surface area contributed by atoms with E-state index in [1.807, 2.05) is 24.3 Å². The van der Waals surface area contributed by atoms with Crippen LogP contribution in [0.4, 0.5) is 17.1 Å². The Morgan fingerprint density at radius 1 is 0.821 bits per heavy atom. The van der Waals surface area contributed by atoms with Gasteiger partial charge in [-0.15, -0.1) is 0 Å². The number of amides is 1. The van der Waals surface area contributed by atoms with Crippen molar-refractivity contribution >= 4 is 28.9 Å². The maximum atomic E-state index is 12.5. The topological polar surface area (TPSA) is 89.5 Å². The zero-order valence-corrected chi connectivity index (χ0v) is 15.4. The number of aromatic nitrogens is 1. The average Bonchev–Trinajstić information content (AvgIpc) is 2.74. The summed E-state index contributed by atoms with van der Waals surface area (Å²) in [6.07, 6.45) is 3.11. The fourth-order valence-electron chi connectivity index (χ4n) is 2.48. The number of ether oxygens (including phenoxy) is 2. The number of anilines is 3. The monoisotopic (exact) mass is 377 g/mol. The van der Waals surface area contributed by atoms with Gasteiger partial charge < -0.3 is 20.1 Å². The van der Waals surface area contributed by atoms with Crippen LogP contribution in [-0.2, 0) is 4.74 Å². The van der Waals surface area contributed by atoms with E-state index in [0.717, 1.165) is 11.4 Å². The predicted octanol–water partition coefficient (Wildman–Crippen LogP) is 3.87. The minimum absolute atomic E-state index is 0.309. The highest BCUT2D eigenvalue weighted by Gasteiger charge is 2.09. The second kappa shape index (κ2) is 8.68. The molecule has 1 amide bonds. The summed E-state index contributed by atoms with van der Waals surface area (Å²) in [5.41, 5.74) is 2.90. The Balaban J connectivity index is 1.68. The minimum Gasteiger partial charge on any atom is -0.497 e. The number of hydrogen-bond donors (Lipinski definition) is 2. The number of methoxy groups -OCH3 is 2. The summed E-state index contributed by atoms with van der Waals surface area (Å²) < 4.78 is 9.79. The lowest BCUT2D eigenvalue weighted by Crippen LogP contribution is -2.12. The summed E-state index contributed by atoms with van der Waals surface area (Å²) in [7, 11) is 2.93. The molecule has 0 saturated carbocycles. The van der Waals surface area contributed by atoms with Gasteiger partial charge >= 0.3 is 5.97 Å². The van der Waals surface area contributed by atoms with Crippen molar-refractivity contribution in [2.75, 3.05) is 24.9 Å². The van der Waals surface area contributed by atoms with Crippen LogP contribution >= 0.6 is 0 Å². The summed E-state index contributed by atoms with van der Waals surface area (Å²) in [5, 5.41) is 5.96. The third-order valence-electron chi connectivity index (χ3n) is 3.94. The summed E-state index contributed by atoms with van der Waals surface area (Å²) in [6, 6.07) is 15.6. The number of pyridine rings is 1. The van der Waals surface area contributed by atoms with Crippen LogP contribution in [-0.4, -0.2) is 31.1 Å². The van der Waals surface area contributed by atoms with Gasteiger partial charge in [-0.3, -0.25) is 9.78 Å². The van der Waals surface area contributed by atoms with Gasteiger partial charge in [0, 0.05) is 17.6 Å². The second-order valence-electron chi connectivity index (χ2n) is 5.84. The molecule has 0 aliphatic heterocycles. The van der Waals surface area contributed by atoms with E-state index in [1.54, 1.807) is 43.6 Å². The molecule has 0 bridgehead atoms. The smallest absolute Gasteiger partial charge is 0.337 e. The van der Waals surface area contributed by atoms with E-state index in [9.17, 15) is 9.59 Å². The molecule has 142 valence electrons. The first-order valence-corrected chi connectivity index (χ1v) is 8.45. The van der Waals surface area contributed by atoms with Crippen LogP contribution in [0.2, 0.25) is 0 Å². The first-order valence-electron chi connectivity index (χ1n) is 8.45. The van der Waals surface area contributed by atoms with Gasteiger partial charge in [-0.05, 0) is 54.6 Å². The van der Waals surface area contributed by atoms with E-state index in [1.165, 1.54) is 13.3 Å². The molecular formula is C21H19N3O4. The van der Waals surface area contributed by atoms with Gasteiger partial charge in [0.05, 0.1) is 37.2 Å². The van der Waals surface area contributed by atoms with E-state index in [0.29, 0.717) is 22.5 Å². The van der Waals surface area contributed by atoms with Gasteiger partial charge in [0.1, 0.15) is 5.75 Å². The van der Waals surface area contributed by atoms with Gasteiger partial charge in [0.25, 0.3) is 5.91 Å². The third kappa shape index (κ3) is 4.64. The number of esters is 1. The largest absolute Gasteiger partial charge is 0.497 e. The number of carbonyl (C=O) groups excluding carboxylic acids is 2. The number of carbonyl (C=O) groups is 2. The van der Waals surface area contributed by atoms with Crippen molar-refractivity contribution < 1.29 is 19.1 Å². The Morgan fingerprint density at radius 3 is 2.14 bits per heavy atom. The van der Waals surface area contributed by atoms with Gasteiger partial charge in [0.15, 0.2) is 0 Å². The SMILES string of the molecule is COC(=O)c1ccc(NC(=O)c2cncc(Nc3ccc(OC)cc3)c2)cc1. The number of rotatable bonds is 6. The van der Waals surface area contributed by atoms with Gasteiger partial charge in [-0.2, -0.15) is 0 Å². The van der Waals surface area contributed by atoms with Crippen LogP contribution in [0, 0.1) is 0 Å². The van der Waals surface area contributed by atoms with Gasteiger partial charge in [0.2, 0.25) is 0 Å². The Bertz CT molecular complexity index is 970. The van der Waals surface area contributed by atoms with Crippen LogP contribution in [0.15, 0.2) is 67.0 Å². The van der Waals surface area contributed by atoms with Crippen molar-refractivity contribution in [3.05, 3.63) is 78.1 Å². The van der Waals surface area contributed by atoms with Crippen molar-refractivity contribution in [1.82, 2.24) is 4.98 Å².